The molecule has 4 aliphatic rings. The van der Waals surface area contributed by atoms with Gasteiger partial charge in [0.2, 0.25) is 5.78 Å². The minimum Gasteiger partial charge on any atom is -0.457 e. The van der Waals surface area contributed by atoms with Gasteiger partial charge in [0.25, 0.3) is 0 Å². The van der Waals surface area contributed by atoms with Crippen molar-refractivity contribution in [3.63, 3.8) is 0 Å². The molecular formula is C27H35Cl2FO6. The molecule has 0 aliphatic heterocycles. The van der Waals surface area contributed by atoms with Gasteiger partial charge in [-0.05, 0) is 75.5 Å². The van der Waals surface area contributed by atoms with Gasteiger partial charge in [0.05, 0.1) is 21.4 Å². The molecule has 6 nitrogen and oxygen atoms in total. The summed E-state index contributed by atoms with van der Waals surface area (Å²) in [5.41, 5.74) is -4.91. The third-order valence-electron chi connectivity index (χ3n) is 9.64. The van der Waals surface area contributed by atoms with Crippen molar-refractivity contribution >= 4 is 40.7 Å². The van der Waals surface area contributed by atoms with E-state index in [-0.39, 0.29) is 23.4 Å². The predicted octanol–water partition coefficient (Wildman–Crippen LogP) is 4.28. The number of alkyl halides is 2. The van der Waals surface area contributed by atoms with Crippen molar-refractivity contribution in [3.8, 4) is 0 Å². The SMILES string of the molecule is C[C@@H]1C[C@H]2[C@@H]3C[C@H](F)C4=CC(=O)C(Cl)=C[C@]4(C)[C@@]3(Cl)[C@@H](O)C[C@]2(C)[C@@]1(O)C(=O)COC(=O)C(C)(C)C. The Balaban J connectivity index is 1.74. The Labute approximate surface area is 221 Å². The van der Waals surface area contributed by atoms with Gasteiger partial charge in [0, 0.05) is 10.8 Å². The number of aliphatic hydroxyl groups is 2. The summed E-state index contributed by atoms with van der Waals surface area (Å²) in [6.07, 6.45) is 0.171. The van der Waals surface area contributed by atoms with Gasteiger partial charge < -0.3 is 14.9 Å². The molecule has 0 aromatic rings. The summed E-state index contributed by atoms with van der Waals surface area (Å²) in [4.78, 5) is 36.6. The van der Waals surface area contributed by atoms with Gasteiger partial charge in [-0.3, -0.25) is 14.4 Å². The van der Waals surface area contributed by atoms with E-state index in [1.807, 2.05) is 0 Å². The maximum atomic E-state index is 15.7. The fraction of sp³-hybridized carbons (Fsp3) is 0.741. The van der Waals surface area contributed by atoms with Crippen LogP contribution < -0.4 is 0 Å². The second kappa shape index (κ2) is 8.36. The number of halogens is 3. The predicted molar refractivity (Wildman–Crippen MR) is 133 cm³/mol. The topological polar surface area (TPSA) is 101 Å². The van der Waals surface area contributed by atoms with Gasteiger partial charge in [-0.2, -0.15) is 0 Å². The molecule has 3 fully saturated rings. The molecule has 0 aromatic carbocycles. The highest BCUT2D eigenvalue weighted by Crippen LogP contribution is 2.71. The molecule has 4 aliphatic carbocycles. The highest BCUT2D eigenvalue weighted by molar-refractivity contribution is 6.45. The first-order chi connectivity index (χ1) is 16.4. The molecule has 0 radical (unpaired) electrons. The maximum absolute atomic E-state index is 15.7. The molecule has 9 atom stereocenters. The maximum Gasteiger partial charge on any atom is 0.311 e. The first-order valence-electron chi connectivity index (χ1n) is 12.4. The van der Waals surface area contributed by atoms with E-state index in [1.165, 1.54) is 12.2 Å². The van der Waals surface area contributed by atoms with E-state index in [9.17, 15) is 24.6 Å². The zero-order valence-corrected chi connectivity index (χ0v) is 23.0. The Bertz CT molecular complexity index is 1080. The number of hydrogen-bond donors (Lipinski definition) is 2. The normalized spacial score (nSPS) is 46.2. The Morgan fingerprint density at radius 2 is 1.83 bits per heavy atom. The average Bonchev–Trinajstić information content (AvgIpc) is 2.97. The number of Topliss-reactive ketones (excluding diaryl/α,β-unsaturated/α-hetero) is 1. The van der Waals surface area contributed by atoms with Gasteiger partial charge in [0.15, 0.2) is 12.4 Å². The number of aliphatic hydroxyl groups excluding tert-OH is 1. The van der Waals surface area contributed by atoms with Crippen LogP contribution in [-0.2, 0) is 19.1 Å². The van der Waals surface area contributed by atoms with Crippen LogP contribution in [0.3, 0.4) is 0 Å². The number of ether oxygens (including phenoxy) is 1. The van der Waals surface area contributed by atoms with Crippen molar-refractivity contribution in [2.45, 2.75) is 83.6 Å². The Morgan fingerprint density at radius 1 is 1.22 bits per heavy atom. The van der Waals surface area contributed by atoms with E-state index in [0.717, 1.165) is 0 Å². The molecule has 3 saturated carbocycles. The van der Waals surface area contributed by atoms with E-state index in [1.54, 1.807) is 41.5 Å². The number of carbonyl (C=O) groups is 3. The summed E-state index contributed by atoms with van der Waals surface area (Å²) in [5, 5.41) is 23.5. The number of carbonyl (C=O) groups excluding carboxylic acids is 3. The van der Waals surface area contributed by atoms with Gasteiger partial charge in [0.1, 0.15) is 11.8 Å². The van der Waals surface area contributed by atoms with Crippen LogP contribution in [0.5, 0.6) is 0 Å². The smallest absolute Gasteiger partial charge is 0.311 e. The summed E-state index contributed by atoms with van der Waals surface area (Å²) in [6.45, 7) is 9.57. The largest absolute Gasteiger partial charge is 0.457 e. The number of allylic oxidation sites excluding steroid dienone is 4. The molecule has 0 heterocycles. The zero-order chi connectivity index (χ0) is 27.2. The molecule has 200 valence electrons. The van der Waals surface area contributed by atoms with E-state index in [4.69, 9.17) is 27.9 Å². The molecule has 9 heteroatoms. The minimum atomic E-state index is -1.91. The first-order valence-corrected chi connectivity index (χ1v) is 13.2. The van der Waals surface area contributed by atoms with Crippen LogP contribution in [0, 0.1) is 34.0 Å². The summed E-state index contributed by atoms with van der Waals surface area (Å²) < 4.78 is 20.9. The molecule has 4 rings (SSSR count). The van der Waals surface area contributed by atoms with Crippen molar-refractivity contribution in [2.24, 2.45) is 34.0 Å². The van der Waals surface area contributed by atoms with Crippen molar-refractivity contribution < 1.29 is 33.7 Å². The lowest BCUT2D eigenvalue weighted by Gasteiger charge is -2.64. The molecule has 36 heavy (non-hydrogen) atoms. The fourth-order valence-electron chi connectivity index (χ4n) is 7.65. The number of fused-ring (bicyclic) bond motifs is 5. The molecule has 0 aromatic heterocycles. The van der Waals surface area contributed by atoms with E-state index < -0.39 is 80.9 Å². The Hall–Kier alpha value is -1.28. The second-order valence-corrected chi connectivity index (χ2v) is 13.7. The van der Waals surface area contributed by atoms with Crippen molar-refractivity contribution in [3.05, 3.63) is 22.8 Å². The minimum absolute atomic E-state index is 0.0311. The number of rotatable bonds is 3. The van der Waals surface area contributed by atoms with Crippen LogP contribution in [0.25, 0.3) is 0 Å². The molecule has 0 spiro atoms. The average molecular weight is 545 g/mol. The van der Waals surface area contributed by atoms with Crippen LogP contribution in [-0.4, -0.2) is 57.1 Å². The summed E-state index contributed by atoms with van der Waals surface area (Å²) in [5.74, 6) is -3.29. The van der Waals surface area contributed by atoms with Crippen LogP contribution in [0.1, 0.15) is 60.8 Å². The second-order valence-electron chi connectivity index (χ2n) is 12.6. The monoisotopic (exact) mass is 544 g/mol. The highest BCUT2D eigenvalue weighted by Gasteiger charge is 2.75. The van der Waals surface area contributed by atoms with Crippen LogP contribution in [0.4, 0.5) is 4.39 Å². The third kappa shape index (κ3) is 3.45. The Kier molecular flexibility index (Phi) is 6.44. The van der Waals surface area contributed by atoms with Gasteiger partial charge >= 0.3 is 5.97 Å². The third-order valence-corrected chi connectivity index (χ3v) is 10.9. The summed E-state index contributed by atoms with van der Waals surface area (Å²) in [6, 6.07) is 0. The van der Waals surface area contributed by atoms with Crippen molar-refractivity contribution in [1.82, 2.24) is 0 Å². The fourth-order valence-corrected chi connectivity index (χ4v) is 8.40. The number of esters is 1. The molecule has 0 unspecified atom stereocenters. The summed E-state index contributed by atoms with van der Waals surface area (Å²) >= 11 is 13.5. The number of ketones is 2. The lowest BCUT2D eigenvalue weighted by atomic mass is 9.45. The molecule has 0 amide bonds. The first kappa shape index (κ1) is 27.7. The molecule has 0 bridgehead atoms. The van der Waals surface area contributed by atoms with Crippen LogP contribution >= 0.6 is 23.2 Å². The molecule has 2 N–H and O–H groups in total. The van der Waals surface area contributed by atoms with Crippen molar-refractivity contribution in [2.75, 3.05) is 6.61 Å². The lowest BCUT2D eigenvalue weighted by molar-refractivity contribution is -0.185. The highest BCUT2D eigenvalue weighted by atomic mass is 35.5. The molecule has 0 saturated heterocycles. The quantitative estimate of drug-likeness (QED) is 0.406. The summed E-state index contributed by atoms with van der Waals surface area (Å²) in [7, 11) is 0. The molecular weight excluding hydrogens is 510 g/mol. The van der Waals surface area contributed by atoms with Crippen molar-refractivity contribution in [1.29, 1.82) is 0 Å². The Morgan fingerprint density at radius 3 is 2.42 bits per heavy atom. The van der Waals surface area contributed by atoms with E-state index in [2.05, 4.69) is 0 Å². The van der Waals surface area contributed by atoms with Gasteiger partial charge in [-0.25, -0.2) is 4.39 Å². The zero-order valence-electron chi connectivity index (χ0n) is 21.5. The van der Waals surface area contributed by atoms with Crippen LogP contribution in [0.15, 0.2) is 22.8 Å². The van der Waals surface area contributed by atoms with Gasteiger partial charge in [-0.15, -0.1) is 11.6 Å². The van der Waals surface area contributed by atoms with Crippen LogP contribution in [0.2, 0.25) is 0 Å². The van der Waals surface area contributed by atoms with E-state index in [0.29, 0.717) is 6.42 Å². The standard InChI is InChI=1S/C27H35Cl2FO6/c1-13-7-14-15-8-18(30)16-9-19(31)17(28)10-24(16,5)26(15,29)20(32)11-25(14,6)27(13,35)21(33)12-36-22(34)23(2,3)4/h9-10,13-15,18,20,32,35H,7-8,11-12H2,1-6H3/t13-,14+,15+,18+,20+,24+,25+,26+,27+/m1/s1. The lowest BCUT2D eigenvalue weighted by Crippen LogP contribution is -2.70. The number of hydrogen-bond acceptors (Lipinski definition) is 6. The van der Waals surface area contributed by atoms with E-state index >= 15 is 4.39 Å². The van der Waals surface area contributed by atoms with Gasteiger partial charge in [-0.1, -0.05) is 32.4 Å².